The number of nitrogens with zero attached hydrogens (tertiary/aromatic N) is 1. The third kappa shape index (κ3) is 2.07. The Bertz CT molecular complexity index is 421. The van der Waals surface area contributed by atoms with Crippen molar-refractivity contribution in [3.63, 3.8) is 0 Å². The zero-order chi connectivity index (χ0) is 10.7. The summed E-state index contributed by atoms with van der Waals surface area (Å²) >= 11 is 1.58. The highest BCUT2D eigenvalue weighted by molar-refractivity contribution is 7.12. The average Bonchev–Trinajstić information content (AvgIpc) is 2.82. The van der Waals surface area contributed by atoms with E-state index in [1.54, 1.807) is 17.4 Å². The molecule has 2 rings (SSSR count). The summed E-state index contributed by atoms with van der Waals surface area (Å²) in [5.74, 6) is 0.367. The Balaban J connectivity index is 2.14. The number of rotatable bonds is 2. The van der Waals surface area contributed by atoms with Crippen LogP contribution in [-0.4, -0.2) is 25.5 Å². The monoisotopic (exact) mass is 222 g/mol. The van der Waals surface area contributed by atoms with E-state index in [0.717, 1.165) is 10.7 Å². The third-order valence-corrected chi connectivity index (χ3v) is 2.83. The molecule has 0 aromatic carbocycles. The minimum Gasteiger partial charge on any atom is -0.464 e. The van der Waals surface area contributed by atoms with Crippen LogP contribution in [0.1, 0.15) is 4.88 Å². The number of esters is 1. The number of aliphatic imine (C=N–C) groups is 1. The summed E-state index contributed by atoms with van der Waals surface area (Å²) in [6.07, 6.45) is 1.71. The molecule has 1 aromatic rings. The SMILES string of the molecule is COC(=O)C1=CCN=C(c2cccs2)N1. The molecule has 0 bridgehead atoms. The predicted octanol–water partition coefficient (Wildman–Crippen LogP) is 1.15. The molecule has 4 nitrogen and oxygen atoms in total. The van der Waals surface area contributed by atoms with Gasteiger partial charge in [-0.25, -0.2) is 4.79 Å². The molecule has 15 heavy (non-hydrogen) atoms. The highest BCUT2D eigenvalue weighted by Crippen LogP contribution is 2.12. The van der Waals surface area contributed by atoms with Crippen LogP contribution in [0.4, 0.5) is 0 Å². The number of nitrogens with one attached hydrogen (secondary N) is 1. The van der Waals surface area contributed by atoms with Crippen molar-refractivity contribution < 1.29 is 9.53 Å². The summed E-state index contributed by atoms with van der Waals surface area (Å²) in [4.78, 5) is 16.6. The molecule has 78 valence electrons. The number of hydrogen-bond acceptors (Lipinski definition) is 5. The van der Waals surface area contributed by atoms with Crippen LogP contribution in [0.25, 0.3) is 0 Å². The number of methoxy groups -OCH3 is 1. The van der Waals surface area contributed by atoms with Gasteiger partial charge in [0, 0.05) is 0 Å². The van der Waals surface area contributed by atoms with Crippen LogP contribution in [0.5, 0.6) is 0 Å². The first-order chi connectivity index (χ1) is 7.31. The molecule has 0 saturated heterocycles. The fourth-order valence-corrected chi connectivity index (χ4v) is 1.93. The third-order valence-electron chi connectivity index (χ3n) is 1.96. The zero-order valence-electron chi connectivity index (χ0n) is 8.19. The first kappa shape index (κ1) is 9.92. The first-order valence-corrected chi connectivity index (χ1v) is 5.33. The second-order valence-electron chi connectivity index (χ2n) is 2.90. The molecule has 1 aromatic heterocycles. The van der Waals surface area contributed by atoms with Crippen LogP contribution in [0.15, 0.2) is 34.3 Å². The molecular formula is C10H10N2O2S. The highest BCUT2D eigenvalue weighted by atomic mass is 32.1. The minimum atomic E-state index is -0.362. The van der Waals surface area contributed by atoms with Crippen LogP contribution in [0.3, 0.4) is 0 Å². The maximum absolute atomic E-state index is 11.3. The molecule has 0 fully saturated rings. The van der Waals surface area contributed by atoms with Gasteiger partial charge in [-0.15, -0.1) is 11.3 Å². The van der Waals surface area contributed by atoms with E-state index in [-0.39, 0.29) is 5.97 Å². The molecule has 0 aliphatic carbocycles. The molecule has 0 unspecified atom stereocenters. The van der Waals surface area contributed by atoms with E-state index in [1.165, 1.54) is 7.11 Å². The van der Waals surface area contributed by atoms with Crippen molar-refractivity contribution >= 4 is 23.1 Å². The maximum atomic E-state index is 11.3. The van der Waals surface area contributed by atoms with Gasteiger partial charge in [-0.05, 0) is 17.5 Å². The topological polar surface area (TPSA) is 50.7 Å². The van der Waals surface area contributed by atoms with E-state index in [4.69, 9.17) is 0 Å². The Hall–Kier alpha value is -1.62. The van der Waals surface area contributed by atoms with E-state index in [9.17, 15) is 4.79 Å². The zero-order valence-corrected chi connectivity index (χ0v) is 9.00. The minimum absolute atomic E-state index is 0.362. The molecule has 0 atom stereocenters. The van der Waals surface area contributed by atoms with Crippen LogP contribution in [0.2, 0.25) is 0 Å². The van der Waals surface area contributed by atoms with E-state index in [0.29, 0.717) is 12.2 Å². The lowest BCUT2D eigenvalue weighted by Crippen LogP contribution is -2.31. The van der Waals surface area contributed by atoms with Crippen molar-refractivity contribution in [3.05, 3.63) is 34.2 Å². The lowest BCUT2D eigenvalue weighted by molar-refractivity contribution is -0.136. The molecule has 1 N–H and O–H groups in total. The largest absolute Gasteiger partial charge is 0.464 e. The van der Waals surface area contributed by atoms with E-state index in [1.807, 2.05) is 17.5 Å². The summed E-state index contributed by atoms with van der Waals surface area (Å²) in [5.41, 5.74) is 0.455. The van der Waals surface area contributed by atoms with Gasteiger partial charge in [-0.1, -0.05) is 6.07 Å². The molecule has 5 heteroatoms. The Morgan fingerprint density at radius 3 is 3.20 bits per heavy atom. The van der Waals surface area contributed by atoms with Gasteiger partial charge in [0.05, 0.1) is 18.5 Å². The van der Waals surface area contributed by atoms with Crippen LogP contribution in [0, 0.1) is 0 Å². The van der Waals surface area contributed by atoms with Crippen molar-refractivity contribution in [2.24, 2.45) is 4.99 Å². The standard InChI is InChI=1S/C10H10N2O2S/c1-14-10(13)7-4-5-11-9(12-7)8-3-2-6-15-8/h2-4,6H,5H2,1H3,(H,11,12). The fraction of sp³-hybridized carbons (Fsp3) is 0.200. The van der Waals surface area contributed by atoms with Crippen molar-refractivity contribution in [1.82, 2.24) is 5.32 Å². The van der Waals surface area contributed by atoms with Crippen molar-refractivity contribution in [2.75, 3.05) is 13.7 Å². The molecule has 0 amide bonds. The summed E-state index contributed by atoms with van der Waals surface area (Å²) < 4.78 is 4.63. The van der Waals surface area contributed by atoms with Crippen LogP contribution < -0.4 is 5.32 Å². The molecule has 1 aliphatic rings. The quantitative estimate of drug-likeness (QED) is 0.764. The molecule has 1 aliphatic heterocycles. The Morgan fingerprint density at radius 2 is 2.53 bits per heavy atom. The van der Waals surface area contributed by atoms with Crippen molar-refractivity contribution in [2.45, 2.75) is 0 Å². The summed E-state index contributed by atoms with van der Waals surface area (Å²) in [5, 5.41) is 4.92. The van der Waals surface area contributed by atoms with Crippen molar-refractivity contribution in [1.29, 1.82) is 0 Å². The summed E-state index contributed by atoms with van der Waals surface area (Å²) in [6, 6.07) is 3.90. The van der Waals surface area contributed by atoms with Gasteiger partial charge in [0.15, 0.2) is 0 Å². The smallest absolute Gasteiger partial charge is 0.354 e. The van der Waals surface area contributed by atoms with Crippen molar-refractivity contribution in [3.8, 4) is 0 Å². The number of thiophene rings is 1. The molecule has 0 spiro atoms. The molecular weight excluding hydrogens is 212 g/mol. The Morgan fingerprint density at radius 1 is 1.67 bits per heavy atom. The van der Waals surface area contributed by atoms with Gasteiger partial charge in [0.1, 0.15) is 11.5 Å². The normalized spacial score (nSPS) is 15.0. The number of ether oxygens (including phenoxy) is 1. The highest BCUT2D eigenvalue weighted by Gasteiger charge is 2.16. The fourth-order valence-electron chi connectivity index (χ4n) is 1.24. The van der Waals surface area contributed by atoms with Gasteiger partial charge >= 0.3 is 5.97 Å². The molecule has 2 heterocycles. The van der Waals surface area contributed by atoms with Crippen LogP contribution >= 0.6 is 11.3 Å². The lowest BCUT2D eigenvalue weighted by Gasteiger charge is -2.14. The Labute approximate surface area is 91.3 Å². The summed E-state index contributed by atoms with van der Waals surface area (Å²) in [6.45, 7) is 0.505. The van der Waals surface area contributed by atoms with Gasteiger partial charge in [-0.2, -0.15) is 0 Å². The first-order valence-electron chi connectivity index (χ1n) is 4.45. The van der Waals surface area contributed by atoms with Crippen LogP contribution in [-0.2, 0) is 9.53 Å². The van der Waals surface area contributed by atoms with Gasteiger partial charge in [-0.3, -0.25) is 4.99 Å². The second-order valence-corrected chi connectivity index (χ2v) is 3.85. The second kappa shape index (κ2) is 4.27. The van der Waals surface area contributed by atoms with E-state index < -0.39 is 0 Å². The van der Waals surface area contributed by atoms with E-state index in [2.05, 4.69) is 15.0 Å². The van der Waals surface area contributed by atoms with Gasteiger partial charge in [0.25, 0.3) is 0 Å². The number of carbonyl (C=O) groups excluding carboxylic acids is 1. The Kier molecular flexibility index (Phi) is 2.82. The van der Waals surface area contributed by atoms with E-state index >= 15 is 0 Å². The predicted molar refractivity (Wildman–Crippen MR) is 59.0 cm³/mol. The number of hydrogen-bond donors (Lipinski definition) is 1. The molecule has 0 radical (unpaired) electrons. The average molecular weight is 222 g/mol. The maximum Gasteiger partial charge on any atom is 0.354 e. The lowest BCUT2D eigenvalue weighted by atomic mass is 10.3. The summed E-state index contributed by atoms with van der Waals surface area (Å²) in [7, 11) is 1.36. The molecule has 0 saturated carbocycles. The number of carbonyl (C=O) groups is 1. The number of amidine groups is 1. The van der Waals surface area contributed by atoms with Gasteiger partial charge < -0.3 is 10.1 Å². The van der Waals surface area contributed by atoms with Gasteiger partial charge in [0.2, 0.25) is 0 Å².